The van der Waals surface area contributed by atoms with Gasteiger partial charge in [0, 0.05) is 40.8 Å². The Morgan fingerprint density at radius 1 is 1.38 bits per heavy atom. The third kappa shape index (κ3) is 2.42. The van der Waals surface area contributed by atoms with Crippen LogP contribution < -0.4 is 4.90 Å². The van der Waals surface area contributed by atoms with Gasteiger partial charge in [-0.25, -0.2) is 14.8 Å². The number of pyridine rings is 2. The minimum Gasteiger partial charge on any atom is -0.450 e. The predicted octanol–water partition coefficient (Wildman–Crippen LogP) is 3.16. The lowest BCUT2D eigenvalue weighted by atomic mass is 10.00. The zero-order valence-electron chi connectivity index (χ0n) is 13.3. The number of ether oxygens (including phenoxy) is 1. The molecule has 0 radical (unpaired) electrons. The highest BCUT2D eigenvalue weighted by Crippen LogP contribution is 2.34. The van der Waals surface area contributed by atoms with E-state index in [1.54, 1.807) is 6.20 Å². The normalized spacial score (nSPS) is 21.3. The van der Waals surface area contributed by atoms with E-state index in [9.17, 15) is 4.79 Å². The number of nitrogens with one attached hydrogen (secondary N) is 1. The summed E-state index contributed by atoms with van der Waals surface area (Å²) in [4.78, 5) is 25.2. The number of aromatic nitrogens is 3. The number of anilines is 1. The first kappa shape index (κ1) is 14.7. The van der Waals surface area contributed by atoms with Crippen molar-refractivity contribution >= 4 is 33.8 Å². The lowest BCUT2D eigenvalue weighted by Crippen LogP contribution is -2.46. The first-order valence-electron chi connectivity index (χ1n) is 8.00. The molecule has 7 heteroatoms. The molecule has 4 rings (SSSR count). The molecule has 24 heavy (non-hydrogen) atoms. The first-order valence-corrected chi connectivity index (χ1v) is 8.00. The molecule has 0 spiro atoms. The van der Waals surface area contributed by atoms with Gasteiger partial charge in [0.15, 0.2) is 0 Å². The second-order valence-electron chi connectivity index (χ2n) is 6.18. The van der Waals surface area contributed by atoms with Gasteiger partial charge in [-0.3, -0.25) is 0 Å². The molecular weight excluding hydrogens is 308 g/mol. The fourth-order valence-corrected chi connectivity index (χ4v) is 3.48. The van der Waals surface area contributed by atoms with Crippen LogP contribution in [0.1, 0.15) is 19.8 Å². The van der Waals surface area contributed by atoms with E-state index in [4.69, 9.17) is 9.84 Å². The summed E-state index contributed by atoms with van der Waals surface area (Å²) in [6, 6.07) is 4.20. The van der Waals surface area contributed by atoms with Crippen molar-refractivity contribution in [2.75, 3.05) is 11.4 Å². The number of H-pyrrole nitrogens is 1. The SMILES string of the molecule is CC1CCC(OC(=O)O)CN1c1nccc2cnc3[nH]ccc3c12. The molecule has 2 atom stereocenters. The molecule has 1 aliphatic heterocycles. The second-order valence-corrected chi connectivity index (χ2v) is 6.18. The third-order valence-corrected chi connectivity index (χ3v) is 4.67. The van der Waals surface area contributed by atoms with Crippen molar-refractivity contribution in [2.24, 2.45) is 0 Å². The summed E-state index contributed by atoms with van der Waals surface area (Å²) in [6.07, 6.45) is 5.50. The van der Waals surface area contributed by atoms with Crippen LogP contribution in [0.2, 0.25) is 0 Å². The van der Waals surface area contributed by atoms with E-state index in [1.807, 2.05) is 24.5 Å². The molecule has 0 aliphatic carbocycles. The third-order valence-electron chi connectivity index (χ3n) is 4.67. The molecule has 124 valence electrons. The molecule has 2 N–H and O–H groups in total. The van der Waals surface area contributed by atoms with E-state index in [2.05, 4.69) is 26.8 Å². The van der Waals surface area contributed by atoms with Crippen LogP contribution >= 0.6 is 0 Å². The Morgan fingerprint density at radius 2 is 2.25 bits per heavy atom. The maximum atomic E-state index is 10.9. The van der Waals surface area contributed by atoms with Crippen molar-refractivity contribution in [3.05, 3.63) is 30.7 Å². The molecule has 0 amide bonds. The van der Waals surface area contributed by atoms with Gasteiger partial charge in [0.25, 0.3) is 0 Å². The van der Waals surface area contributed by atoms with E-state index in [0.717, 1.165) is 40.5 Å². The lowest BCUT2D eigenvalue weighted by Gasteiger charge is -2.38. The molecule has 1 aliphatic rings. The van der Waals surface area contributed by atoms with Gasteiger partial charge in [0.1, 0.15) is 17.6 Å². The molecule has 4 heterocycles. The summed E-state index contributed by atoms with van der Waals surface area (Å²) < 4.78 is 5.00. The number of nitrogens with zero attached hydrogens (tertiary/aromatic N) is 3. The van der Waals surface area contributed by atoms with E-state index in [-0.39, 0.29) is 12.1 Å². The van der Waals surface area contributed by atoms with Crippen LogP contribution in [0.3, 0.4) is 0 Å². The number of piperidine rings is 1. The molecule has 0 bridgehead atoms. The van der Waals surface area contributed by atoms with E-state index < -0.39 is 6.16 Å². The van der Waals surface area contributed by atoms with Crippen molar-refractivity contribution < 1.29 is 14.6 Å². The van der Waals surface area contributed by atoms with Gasteiger partial charge in [-0.2, -0.15) is 0 Å². The Hall–Kier alpha value is -2.83. The number of hydrogen-bond donors (Lipinski definition) is 2. The zero-order valence-corrected chi connectivity index (χ0v) is 13.3. The van der Waals surface area contributed by atoms with Crippen LogP contribution in [-0.2, 0) is 4.74 Å². The lowest BCUT2D eigenvalue weighted by molar-refractivity contribution is 0.0426. The maximum absolute atomic E-state index is 10.9. The van der Waals surface area contributed by atoms with Crippen LogP contribution in [0, 0.1) is 0 Å². The molecule has 2 unspecified atom stereocenters. The van der Waals surface area contributed by atoms with Crippen LogP contribution in [0.15, 0.2) is 30.7 Å². The van der Waals surface area contributed by atoms with Gasteiger partial charge in [0.2, 0.25) is 0 Å². The standard InChI is InChI=1S/C17H18N4O3/c1-10-2-3-12(24-17(22)23)9-21(10)16-14-11(4-6-19-16)8-20-15-13(14)5-7-18-15/h4-8,10,12H,2-3,9H2,1H3,(H,18,20)(H,22,23). The highest BCUT2D eigenvalue weighted by Gasteiger charge is 2.30. The van der Waals surface area contributed by atoms with Crippen molar-refractivity contribution in [3.8, 4) is 0 Å². The average molecular weight is 326 g/mol. The van der Waals surface area contributed by atoms with Crippen molar-refractivity contribution in [3.63, 3.8) is 0 Å². The average Bonchev–Trinajstić information content (AvgIpc) is 3.04. The fourth-order valence-electron chi connectivity index (χ4n) is 3.48. The van der Waals surface area contributed by atoms with Crippen LogP contribution in [0.25, 0.3) is 21.8 Å². The Morgan fingerprint density at radius 3 is 3.08 bits per heavy atom. The molecule has 7 nitrogen and oxygen atoms in total. The van der Waals surface area contributed by atoms with Gasteiger partial charge in [-0.1, -0.05) is 0 Å². The van der Waals surface area contributed by atoms with E-state index >= 15 is 0 Å². The summed E-state index contributed by atoms with van der Waals surface area (Å²) in [6.45, 7) is 2.64. The summed E-state index contributed by atoms with van der Waals surface area (Å²) in [7, 11) is 0. The monoisotopic (exact) mass is 326 g/mol. The smallest absolute Gasteiger partial charge is 0.450 e. The number of carbonyl (C=O) groups is 1. The number of carboxylic acid groups (broad SMARTS) is 1. The predicted molar refractivity (Wildman–Crippen MR) is 90.3 cm³/mol. The maximum Gasteiger partial charge on any atom is 0.506 e. The van der Waals surface area contributed by atoms with Gasteiger partial charge in [-0.05, 0) is 31.9 Å². The minimum atomic E-state index is -1.22. The largest absolute Gasteiger partial charge is 0.506 e. The summed E-state index contributed by atoms with van der Waals surface area (Å²) in [5, 5.41) is 12.0. The summed E-state index contributed by atoms with van der Waals surface area (Å²) in [5.74, 6) is 0.852. The molecule has 0 saturated carbocycles. The van der Waals surface area contributed by atoms with E-state index in [1.165, 1.54) is 0 Å². The van der Waals surface area contributed by atoms with Gasteiger partial charge in [0.05, 0.1) is 6.54 Å². The van der Waals surface area contributed by atoms with Crippen molar-refractivity contribution in [1.29, 1.82) is 0 Å². The highest BCUT2D eigenvalue weighted by molar-refractivity contribution is 6.10. The number of hydrogen-bond acceptors (Lipinski definition) is 5. The van der Waals surface area contributed by atoms with Crippen LogP contribution in [0.5, 0.6) is 0 Å². The van der Waals surface area contributed by atoms with Gasteiger partial charge in [-0.15, -0.1) is 0 Å². The number of aromatic amines is 1. The highest BCUT2D eigenvalue weighted by atomic mass is 16.7. The Labute approximate surface area is 138 Å². The topological polar surface area (TPSA) is 91.3 Å². The Balaban J connectivity index is 1.82. The van der Waals surface area contributed by atoms with Crippen molar-refractivity contribution in [1.82, 2.24) is 15.0 Å². The molecule has 0 aromatic carbocycles. The molecule has 1 fully saturated rings. The fraction of sp³-hybridized carbons (Fsp3) is 0.353. The second kappa shape index (κ2) is 5.67. The Kier molecular flexibility index (Phi) is 3.48. The van der Waals surface area contributed by atoms with Gasteiger partial charge >= 0.3 is 6.16 Å². The van der Waals surface area contributed by atoms with Crippen LogP contribution in [-0.4, -0.2) is 44.9 Å². The van der Waals surface area contributed by atoms with E-state index in [0.29, 0.717) is 6.54 Å². The van der Waals surface area contributed by atoms with Gasteiger partial charge < -0.3 is 19.7 Å². The molecular formula is C17H18N4O3. The molecule has 3 aromatic rings. The quantitative estimate of drug-likeness (QED) is 0.703. The van der Waals surface area contributed by atoms with Crippen LogP contribution in [0.4, 0.5) is 10.6 Å². The first-order chi connectivity index (χ1) is 11.6. The Bertz CT molecular complexity index is 907. The zero-order chi connectivity index (χ0) is 16.7. The summed E-state index contributed by atoms with van der Waals surface area (Å²) in [5.41, 5.74) is 0.819. The van der Waals surface area contributed by atoms with Crippen molar-refractivity contribution in [2.45, 2.75) is 31.9 Å². The number of fused-ring (bicyclic) bond motifs is 3. The molecule has 1 saturated heterocycles. The summed E-state index contributed by atoms with van der Waals surface area (Å²) >= 11 is 0. The minimum absolute atomic E-state index is 0.263. The molecule has 3 aromatic heterocycles. The number of rotatable bonds is 2.